The van der Waals surface area contributed by atoms with Crippen molar-refractivity contribution >= 4 is 5.78 Å². The minimum atomic E-state index is -2.16. The van der Waals surface area contributed by atoms with Gasteiger partial charge in [0, 0.05) is 0 Å². The van der Waals surface area contributed by atoms with Crippen LogP contribution in [-0.4, -0.2) is 52.0 Å². The Bertz CT molecular complexity index is 238. The maximum Gasteiger partial charge on any atom is 0.256 e. The molecule has 0 amide bonds. The Morgan fingerprint density at radius 1 is 1.57 bits per heavy atom. The second kappa shape index (κ2) is 3.56. The molecule has 6 heteroatoms. The molecule has 0 aliphatic carbocycles. The van der Waals surface area contributed by atoms with E-state index < -0.39 is 30.1 Å². The van der Waals surface area contributed by atoms with Crippen LogP contribution in [0.4, 0.5) is 0 Å². The Kier molecular flexibility index (Phi) is 2.93. The Morgan fingerprint density at radius 2 is 2.14 bits per heavy atom. The summed E-state index contributed by atoms with van der Waals surface area (Å²) in [5, 5.41) is 27.2. The number of rotatable bonds is 3. The SMILES string of the molecule is CC1(C)OCC(O)(C(=O)C(O)CO)O1. The number of carbonyl (C=O) groups is 1. The van der Waals surface area contributed by atoms with Crippen molar-refractivity contribution in [2.75, 3.05) is 13.2 Å². The van der Waals surface area contributed by atoms with Gasteiger partial charge in [0.15, 0.2) is 5.79 Å². The monoisotopic (exact) mass is 206 g/mol. The Hall–Kier alpha value is -0.530. The summed E-state index contributed by atoms with van der Waals surface area (Å²) in [5.74, 6) is -4.23. The van der Waals surface area contributed by atoms with E-state index in [1.165, 1.54) is 13.8 Å². The van der Waals surface area contributed by atoms with Gasteiger partial charge in [0.25, 0.3) is 5.79 Å². The zero-order valence-corrected chi connectivity index (χ0v) is 8.06. The van der Waals surface area contributed by atoms with E-state index in [0.29, 0.717) is 0 Å². The minimum Gasteiger partial charge on any atom is -0.393 e. The van der Waals surface area contributed by atoms with Crippen LogP contribution < -0.4 is 0 Å². The van der Waals surface area contributed by atoms with Crippen LogP contribution in [0.5, 0.6) is 0 Å². The molecular weight excluding hydrogens is 192 g/mol. The Labute approximate surface area is 81.1 Å². The standard InChI is InChI=1S/C8H14O6/c1-7(2)13-4-8(12,14-7)6(11)5(10)3-9/h5,9-10,12H,3-4H2,1-2H3. The fourth-order valence-electron chi connectivity index (χ4n) is 1.20. The molecule has 0 aromatic carbocycles. The summed E-state index contributed by atoms with van der Waals surface area (Å²) in [6.45, 7) is 1.95. The van der Waals surface area contributed by atoms with E-state index in [0.717, 1.165) is 0 Å². The summed E-state index contributed by atoms with van der Waals surface area (Å²) in [5.41, 5.74) is 0. The number of hydrogen-bond acceptors (Lipinski definition) is 6. The molecule has 3 N–H and O–H groups in total. The molecule has 6 nitrogen and oxygen atoms in total. The molecule has 82 valence electrons. The number of aliphatic hydroxyl groups excluding tert-OH is 2. The Balaban J connectivity index is 2.73. The number of ether oxygens (including phenoxy) is 2. The lowest BCUT2D eigenvalue weighted by Crippen LogP contribution is -2.49. The number of Topliss-reactive ketones (excluding diaryl/α,β-unsaturated/α-hetero) is 1. The van der Waals surface area contributed by atoms with Gasteiger partial charge >= 0.3 is 0 Å². The Morgan fingerprint density at radius 3 is 2.50 bits per heavy atom. The molecule has 2 unspecified atom stereocenters. The van der Waals surface area contributed by atoms with Crippen LogP contribution in [-0.2, 0) is 14.3 Å². The fourth-order valence-corrected chi connectivity index (χ4v) is 1.20. The van der Waals surface area contributed by atoms with Gasteiger partial charge in [0.2, 0.25) is 5.78 Å². The van der Waals surface area contributed by atoms with Crippen LogP contribution in [0.1, 0.15) is 13.8 Å². The van der Waals surface area contributed by atoms with Crippen LogP contribution in [0.15, 0.2) is 0 Å². The third-order valence-electron chi connectivity index (χ3n) is 1.89. The normalized spacial score (nSPS) is 32.9. The summed E-state index contributed by atoms with van der Waals surface area (Å²) in [7, 11) is 0. The van der Waals surface area contributed by atoms with Crippen LogP contribution in [0.2, 0.25) is 0 Å². The first-order valence-electron chi connectivity index (χ1n) is 4.20. The quantitative estimate of drug-likeness (QED) is 0.513. The predicted octanol–water partition coefficient (Wildman–Crippen LogP) is -1.62. The van der Waals surface area contributed by atoms with Gasteiger partial charge in [-0.15, -0.1) is 0 Å². The molecule has 0 radical (unpaired) electrons. The van der Waals surface area contributed by atoms with Crippen LogP contribution in [0.25, 0.3) is 0 Å². The lowest BCUT2D eigenvalue weighted by atomic mass is 10.1. The highest BCUT2D eigenvalue weighted by atomic mass is 16.8. The van der Waals surface area contributed by atoms with Crippen molar-refractivity contribution in [1.29, 1.82) is 0 Å². The zero-order valence-electron chi connectivity index (χ0n) is 8.06. The van der Waals surface area contributed by atoms with Crippen molar-refractivity contribution in [1.82, 2.24) is 0 Å². The molecule has 0 bridgehead atoms. The third-order valence-corrected chi connectivity index (χ3v) is 1.89. The molecule has 1 rings (SSSR count). The van der Waals surface area contributed by atoms with E-state index >= 15 is 0 Å². The van der Waals surface area contributed by atoms with Gasteiger partial charge in [-0.25, -0.2) is 0 Å². The number of hydrogen-bond donors (Lipinski definition) is 3. The minimum absolute atomic E-state index is 0.351. The summed E-state index contributed by atoms with van der Waals surface area (Å²) in [6, 6.07) is 0. The average Bonchev–Trinajstić information content (AvgIpc) is 2.39. The van der Waals surface area contributed by atoms with Gasteiger partial charge in [0.1, 0.15) is 12.7 Å². The molecule has 1 heterocycles. The van der Waals surface area contributed by atoms with Crippen LogP contribution in [0.3, 0.4) is 0 Å². The van der Waals surface area contributed by atoms with Gasteiger partial charge in [0.05, 0.1) is 6.61 Å². The van der Waals surface area contributed by atoms with Gasteiger partial charge in [-0.1, -0.05) is 0 Å². The maximum absolute atomic E-state index is 11.3. The predicted molar refractivity (Wildman–Crippen MR) is 44.2 cm³/mol. The van der Waals surface area contributed by atoms with Crippen LogP contribution >= 0.6 is 0 Å². The molecule has 0 spiro atoms. The van der Waals surface area contributed by atoms with E-state index in [4.69, 9.17) is 19.7 Å². The van der Waals surface area contributed by atoms with Crippen molar-refractivity contribution < 1.29 is 29.6 Å². The molecular formula is C8H14O6. The van der Waals surface area contributed by atoms with Crippen LogP contribution in [0, 0.1) is 0 Å². The summed E-state index contributed by atoms with van der Waals surface area (Å²) < 4.78 is 9.92. The average molecular weight is 206 g/mol. The van der Waals surface area contributed by atoms with E-state index in [1.807, 2.05) is 0 Å². The maximum atomic E-state index is 11.3. The lowest BCUT2D eigenvalue weighted by Gasteiger charge is -2.23. The number of carbonyl (C=O) groups excluding carboxylic acids is 1. The molecule has 1 aliphatic rings. The molecule has 0 saturated carbocycles. The third kappa shape index (κ3) is 2.10. The van der Waals surface area contributed by atoms with Gasteiger partial charge in [-0.05, 0) is 13.8 Å². The number of ketones is 1. The first-order chi connectivity index (χ1) is 6.31. The second-order valence-corrected chi connectivity index (χ2v) is 3.64. The van der Waals surface area contributed by atoms with Crippen molar-refractivity contribution in [3.8, 4) is 0 Å². The highest BCUT2D eigenvalue weighted by Crippen LogP contribution is 2.30. The second-order valence-electron chi connectivity index (χ2n) is 3.64. The summed E-state index contributed by atoms with van der Waals surface area (Å²) in [4.78, 5) is 11.3. The molecule has 1 aliphatic heterocycles. The summed E-state index contributed by atoms with van der Waals surface area (Å²) >= 11 is 0. The smallest absolute Gasteiger partial charge is 0.256 e. The topological polar surface area (TPSA) is 96.2 Å². The molecule has 14 heavy (non-hydrogen) atoms. The van der Waals surface area contributed by atoms with E-state index in [2.05, 4.69) is 0 Å². The van der Waals surface area contributed by atoms with Gasteiger partial charge in [-0.2, -0.15) is 0 Å². The fraction of sp³-hybridized carbons (Fsp3) is 0.875. The van der Waals surface area contributed by atoms with Gasteiger partial charge in [-0.3, -0.25) is 4.79 Å². The largest absolute Gasteiger partial charge is 0.393 e. The van der Waals surface area contributed by atoms with E-state index in [1.54, 1.807) is 0 Å². The molecule has 1 saturated heterocycles. The molecule has 0 aromatic heterocycles. The first kappa shape index (κ1) is 11.5. The first-order valence-corrected chi connectivity index (χ1v) is 4.20. The molecule has 0 aromatic rings. The number of aliphatic hydroxyl groups is 3. The lowest BCUT2D eigenvalue weighted by molar-refractivity contribution is -0.230. The highest BCUT2D eigenvalue weighted by molar-refractivity contribution is 5.90. The molecule has 2 atom stereocenters. The van der Waals surface area contributed by atoms with Crippen molar-refractivity contribution in [2.24, 2.45) is 0 Å². The van der Waals surface area contributed by atoms with E-state index in [-0.39, 0.29) is 6.61 Å². The van der Waals surface area contributed by atoms with E-state index in [9.17, 15) is 9.90 Å². The van der Waals surface area contributed by atoms with Crippen molar-refractivity contribution in [2.45, 2.75) is 31.5 Å². The van der Waals surface area contributed by atoms with Crippen molar-refractivity contribution in [3.63, 3.8) is 0 Å². The molecule has 1 fully saturated rings. The van der Waals surface area contributed by atoms with Crippen molar-refractivity contribution in [3.05, 3.63) is 0 Å². The highest BCUT2D eigenvalue weighted by Gasteiger charge is 2.51. The summed E-state index contributed by atoms with van der Waals surface area (Å²) in [6.07, 6.45) is -1.66. The zero-order chi connectivity index (χ0) is 11.0. The van der Waals surface area contributed by atoms with Gasteiger partial charge < -0.3 is 24.8 Å².